The van der Waals surface area contributed by atoms with Crippen LogP contribution in [0.25, 0.3) is 0 Å². The van der Waals surface area contributed by atoms with Crippen molar-refractivity contribution in [2.24, 2.45) is 11.3 Å². The second-order valence-electron chi connectivity index (χ2n) is 6.95. The molecular weight excluding hydrogens is 385 g/mol. The minimum atomic E-state index is -4.45. The molecule has 0 radical (unpaired) electrons. The maximum Gasteiger partial charge on any atom is 0.422 e. The number of rotatable bonds is 5. The topological polar surface area (TPSA) is 59.6 Å². The largest absolute Gasteiger partial charge is 0.493 e. The van der Waals surface area contributed by atoms with Crippen molar-refractivity contribution in [3.63, 3.8) is 0 Å². The number of hydrogen-bond donors (Lipinski definition) is 2. The zero-order valence-corrected chi connectivity index (χ0v) is 15.8. The fraction of sp³-hybridized carbons (Fsp3) is 0.611. The summed E-state index contributed by atoms with van der Waals surface area (Å²) >= 11 is 0. The summed E-state index contributed by atoms with van der Waals surface area (Å²) in [4.78, 5) is 13.0. The summed E-state index contributed by atoms with van der Waals surface area (Å²) in [6, 6.07) is 4.47. The third-order valence-corrected chi connectivity index (χ3v) is 5.30. The summed E-state index contributed by atoms with van der Waals surface area (Å²) in [6.45, 7) is 0.0454. The van der Waals surface area contributed by atoms with E-state index < -0.39 is 18.2 Å². The summed E-state index contributed by atoms with van der Waals surface area (Å²) in [5.74, 6) is 0.350. The molecule has 1 aromatic carbocycles. The highest BCUT2D eigenvalue weighted by Gasteiger charge is 2.49. The van der Waals surface area contributed by atoms with Crippen molar-refractivity contribution in [2.45, 2.75) is 31.9 Å². The molecular formula is C18H24ClF3N2O3. The zero-order chi connectivity index (χ0) is 18.8. The first-order valence-electron chi connectivity index (χ1n) is 8.74. The van der Waals surface area contributed by atoms with Crippen LogP contribution in [-0.2, 0) is 4.79 Å². The molecule has 1 aromatic rings. The summed E-state index contributed by atoms with van der Waals surface area (Å²) in [6.07, 6.45) is -0.478. The van der Waals surface area contributed by atoms with Gasteiger partial charge in [-0.25, -0.2) is 0 Å². The smallest absolute Gasteiger partial charge is 0.422 e. The van der Waals surface area contributed by atoms with Gasteiger partial charge in [0, 0.05) is 18.3 Å². The minimum absolute atomic E-state index is 0. The highest BCUT2D eigenvalue weighted by atomic mass is 35.5. The van der Waals surface area contributed by atoms with Crippen LogP contribution >= 0.6 is 12.4 Å². The number of benzene rings is 1. The Kier molecular flexibility index (Phi) is 6.86. The summed E-state index contributed by atoms with van der Waals surface area (Å²) in [5, 5.41) is 6.17. The van der Waals surface area contributed by atoms with Crippen molar-refractivity contribution in [3.8, 4) is 11.5 Å². The van der Waals surface area contributed by atoms with Crippen LogP contribution in [0.4, 0.5) is 18.9 Å². The van der Waals surface area contributed by atoms with Gasteiger partial charge in [-0.2, -0.15) is 13.2 Å². The Labute approximate surface area is 162 Å². The van der Waals surface area contributed by atoms with E-state index in [0.717, 1.165) is 32.2 Å². The SMILES string of the molecule is COc1ccc(NC(=O)[C@@]23CCCC[C@H]2CNC3)cc1OCC(F)(F)F.Cl. The van der Waals surface area contributed by atoms with Crippen molar-refractivity contribution in [2.75, 3.05) is 32.1 Å². The van der Waals surface area contributed by atoms with E-state index in [2.05, 4.69) is 10.6 Å². The summed E-state index contributed by atoms with van der Waals surface area (Å²) in [5.41, 5.74) is -0.0379. The van der Waals surface area contributed by atoms with Crippen molar-refractivity contribution in [1.82, 2.24) is 5.32 Å². The van der Waals surface area contributed by atoms with Crippen LogP contribution in [0.15, 0.2) is 18.2 Å². The third kappa shape index (κ3) is 4.79. The third-order valence-electron chi connectivity index (χ3n) is 5.30. The van der Waals surface area contributed by atoms with Crippen molar-refractivity contribution in [3.05, 3.63) is 18.2 Å². The van der Waals surface area contributed by atoms with Gasteiger partial charge in [-0.05, 0) is 37.4 Å². The van der Waals surface area contributed by atoms with Gasteiger partial charge < -0.3 is 20.1 Å². The number of anilines is 1. The van der Waals surface area contributed by atoms with Crippen LogP contribution in [-0.4, -0.2) is 38.9 Å². The normalized spacial score (nSPS) is 24.5. The molecule has 1 saturated heterocycles. The van der Waals surface area contributed by atoms with E-state index >= 15 is 0 Å². The molecule has 2 fully saturated rings. The van der Waals surface area contributed by atoms with E-state index in [0.29, 0.717) is 18.2 Å². The van der Waals surface area contributed by atoms with Gasteiger partial charge in [0.05, 0.1) is 12.5 Å². The number of amides is 1. The van der Waals surface area contributed by atoms with Crippen LogP contribution < -0.4 is 20.1 Å². The van der Waals surface area contributed by atoms with Gasteiger partial charge in [-0.3, -0.25) is 4.79 Å². The first kappa shape index (κ1) is 21.6. The molecule has 1 amide bonds. The van der Waals surface area contributed by atoms with E-state index in [-0.39, 0.29) is 29.8 Å². The van der Waals surface area contributed by atoms with E-state index in [9.17, 15) is 18.0 Å². The second kappa shape index (κ2) is 8.56. The van der Waals surface area contributed by atoms with Crippen LogP contribution in [0, 0.1) is 11.3 Å². The maximum absolute atomic E-state index is 13.0. The van der Waals surface area contributed by atoms with Gasteiger partial charge in [-0.15, -0.1) is 12.4 Å². The molecule has 152 valence electrons. The minimum Gasteiger partial charge on any atom is -0.493 e. The predicted octanol–water partition coefficient (Wildman–Crippen LogP) is 3.78. The fourth-order valence-electron chi connectivity index (χ4n) is 3.97. The molecule has 0 spiro atoms. The van der Waals surface area contributed by atoms with Gasteiger partial charge in [0.15, 0.2) is 18.1 Å². The molecule has 1 saturated carbocycles. The number of fused-ring (bicyclic) bond motifs is 1. The number of alkyl halides is 3. The average Bonchev–Trinajstić information content (AvgIpc) is 3.05. The van der Waals surface area contributed by atoms with Crippen LogP contribution in [0.3, 0.4) is 0 Å². The maximum atomic E-state index is 13.0. The first-order chi connectivity index (χ1) is 12.3. The van der Waals surface area contributed by atoms with Crippen molar-refractivity contribution in [1.29, 1.82) is 0 Å². The number of hydrogen-bond acceptors (Lipinski definition) is 4. The monoisotopic (exact) mass is 408 g/mol. The van der Waals surface area contributed by atoms with Gasteiger partial charge in [0.2, 0.25) is 5.91 Å². The van der Waals surface area contributed by atoms with Gasteiger partial charge in [-0.1, -0.05) is 12.8 Å². The molecule has 2 aliphatic rings. The Hall–Kier alpha value is -1.67. The van der Waals surface area contributed by atoms with Crippen molar-refractivity contribution >= 4 is 24.0 Å². The Morgan fingerprint density at radius 3 is 2.81 bits per heavy atom. The van der Waals surface area contributed by atoms with E-state index in [1.54, 1.807) is 6.07 Å². The first-order valence-corrected chi connectivity index (χ1v) is 8.74. The predicted molar refractivity (Wildman–Crippen MR) is 97.7 cm³/mol. The molecule has 27 heavy (non-hydrogen) atoms. The lowest BCUT2D eigenvalue weighted by molar-refractivity contribution is -0.153. The lowest BCUT2D eigenvalue weighted by Gasteiger charge is -2.37. The molecule has 5 nitrogen and oxygen atoms in total. The zero-order valence-electron chi connectivity index (χ0n) is 15.0. The Morgan fingerprint density at radius 2 is 2.11 bits per heavy atom. The molecule has 1 heterocycles. The molecule has 2 N–H and O–H groups in total. The second-order valence-corrected chi connectivity index (χ2v) is 6.95. The molecule has 1 aliphatic heterocycles. The number of nitrogens with one attached hydrogen (secondary N) is 2. The number of halogens is 4. The molecule has 0 unspecified atom stereocenters. The van der Waals surface area contributed by atoms with E-state index in [1.807, 2.05) is 0 Å². The van der Waals surface area contributed by atoms with Crippen LogP contribution in [0.5, 0.6) is 11.5 Å². The lowest BCUT2D eigenvalue weighted by Crippen LogP contribution is -2.44. The molecule has 0 aromatic heterocycles. The lowest BCUT2D eigenvalue weighted by atomic mass is 9.67. The molecule has 9 heteroatoms. The van der Waals surface area contributed by atoms with Crippen LogP contribution in [0.1, 0.15) is 25.7 Å². The quantitative estimate of drug-likeness (QED) is 0.778. The molecule has 0 bridgehead atoms. The average molecular weight is 409 g/mol. The van der Waals surface area contributed by atoms with E-state index in [4.69, 9.17) is 9.47 Å². The summed E-state index contributed by atoms with van der Waals surface area (Å²) < 4.78 is 47.2. The number of methoxy groups -OCH3 is 1. The van der Waals surface area contributed by atoms with Gasteiger partial charge >= 0.3 is 6.18 Å². The summed E-state index contributed by atoms with van der Waals surface area (Å²) in [7, 11) is 1.35. The van der Waals surface area contributed by atoms with E-state index in [1.165, 1.54) is 19.2 Å². The fourth-order valence-corrected chi connectivity index (χ4v) is 3.97. The van der Waals surface area contributed by atoms with Crippen molar-refractivity contribution < 1.29 is 27.4 Å². The Bertz CT molecular complexity index is 672. The highest BCUT2D eigenvalue weighted by molar-refractivity contribution is 5.96. The number of carbonyl (C=O) groups is 1. The number of carbonyl (C=O) groups excluding carboxylic acids is 1. The highest BCUT2D eigenvalue weighted by Crippen LogP contribution is 2.44. The molecule has 1 aliphatic carbocycles. The molecule has 3 rings (SSSR count). The van der Waals surface area contributed by atoms with Gasteiger partial charge in [0.25, 0.3) is 0 Å². The van der Waals surface area contributed by atoms with Gasteiger partial charge in [0.1, 0.15) is 0 Å². The van der Waals surface area contributed by atoms with Crippen LogP contribution in [0.2, 0.25) is 0 Å². The standard InChI is InChI=1S/C18H23F3N2O3.ClH/c1-25-14-6-5-13(8-15(14)26-11-18(19,20)21)23-16(24)17-7-3-2-4-12(17)9-22-10-17;/h5-6,8,12,22H,2-4,7,9-11H2,1H3,(H,23,24);1H/t12-,17+;/m0./s1. The Morgan fingerprint density at radius 1 is 1.33 bits per heavy atom. The number of ether oxygens (including phenoxy) is 2. The Balaban J connectivity index is 0.00000261. The molecule has 2 atom stereocenters.